The average Bonchev–Trinajstić information content (AvgIpc) is 2.58. The molecule has 1 aromatic heterocycles. The molecule has 2 nitrogen and oxygen atoms in total. The van der Waals surface area contributed by atoms with Crippen molar-refractivity contribution in [2.75, 3.05) is 0 Å². The molecule has 3 rings (SSSR count). The van der Waals surface area contributed by atoms with Gasteiger partial charge in [0.05, 0.1) is 5.69 Å². The summed E-state index contributed by atoms with van der Waals surface area (Å²) in [5.74, 6) is 0.702. The normalized spacial score (nSPS) is 35.1. The Morgan fingerprint density at radius 2 is 2.38 bits per heavy atom. The zero-order valence-electron chi connectivity index (χ0n) is 7.55. The van der Waals surface area contributed by atoms with Gasteiger partial charge in [-0.1, -0.05) is 18.5 Å². The highest BCUT2D eigenvalue weighted by atomic mass is 35.5. The van der Waals surface area contributed by atoms with Crippen LogP contribution in [0.2, 0.25) is 5.15 Å². The van der Waals surface area contributed by atoms with Crippen LogP contribution >= 0.6 is 11.6 Å². The van der Waals surface area contributed by atoms with Gasteiger partial charge in [0.2, 0.25) is 0 Å². The van der Waals surface area contributed by atoms with E-state index in [1.54, 1.807) is 0 Å². The molecule has 2 aliphatic carbocycles. The number of halogens is 1. The van der Waals surface area contributed by atoms with E-state index in [2.05, 4.69) is 17.1 Å². The molecule has 2 bridgehead atoms. The van der Waals surface area contributed by atoms with E-state index >= 15 is 0 Å². The molecule has 68 valence electrons. The number of aromatic nitrogens is 2. The highest BCUT2D eigenvalue weighted by Gasteiger charge is 2.47. The first-order valence-electron chi connectivity index (χ1n) is 4.73. The lowest BCUT2D eigenvalue weighted by atomic mass is 9.85. The second-order valence-electron chi connectivity index (χ2n) is 4.47. The Bertz CT molecular complexity index is 377. The van der Waals surface area contributed by atoms with E-state index in [1.165, 1.54) is 30.5 Å². The molecular formula is C10H11ClN2. The van der Waals surface area contributed by atoms with Gasteiger partial charge in [-0.15, -0.1) is 5.10 Å². The molecule has 0 radical (unpaired) electrons. The van der Waals surface area contributed by atoms with Gasteiger partial charge in [0.15, 0.2) is 5.15 Å². The topological polar surface area (TPSA) is 25.8 Å². The van der Waals surface area contributed by atoms with Crippen LogP contribution in [-0.4, -0.2) is 10.2 Å². The molecule has 3 heteroatoms. The van der Waals surface area contributed by atoms with Gasteiger partial charge in [-0.3, -0.25) is 0 Å². The third-order valence-corrected chi connectivity index (χ3v) is 3.73. The molecule has 0 aliphatic heterocycles. The number of hydrogen-bond acceptors (Lipinski definition) is 2. The Morgan fingerprint density at radius 3 is 3.23 bits per heavy atom. The van der Waals surface area contributed by atoms with Gasteiger partial charge in [-0.25, -0.2) is 0 Å². The minimum Gasteiger partial charge on any atom is -0.153 e. The lowest BCUT2D eigenvalue weighted by molar-refractivity contribution is 0.484. The predicted molar refractivity (Wildman–Crippen MR) is 51.0 cm³/mol. The van der Waals surface area contributed by atoms with Gasteiger partial charge in [0, 0.05) is 5.41 Å². The molecule has 2 atom stereocenters. The first kappa shape index (κ1) is 7.74. The molecule has 0 N–H and O–H groups in total. The highest BCUT2D eigenvalue weighted by Crippen LogP contribution is 2.56. The summed E-state index contributed by atoms with van der Waals surface area (Å²) in [5.41, 5.74) is 2.86. The van der Waals surface area contributed by atoms with E-state index in [0.29, 0.717) is 16.5 Å². The van der Waals surface area contributed by atoms with E-state index in [0.717, 1.165) is 0 Å². The monoisotopic (exact) mass is 194 g/mol. The van der Waals surface area contributed by atoms with Crippen LogP contribution in [0.4, 0.5) is 0 Å². The number of rotatable bonds is 0. The first-order valence-corrected chi connectivity index (χ1v) is 5.10. The smallest absolute Gasteiger partial charge is 0.152 e. The first-order chi connectivity index (χ1) is 6.19. The summed E-state index contributed by atoms with van der Waals surface area (Å²) in [6.45, 7) is 2.29. The van der Waals surface area contributed by atoms with Crippen molar-refractivity contribution in [1.29, 1.82) is 0 Å². The fraction of sp³-hybridized carbons (Fsp3) is 0.600. The Morgan fingerprint density at radius 1 is 1.54 bits per heavy atom. The molecule has 0 amide bonds. The van der Waals surface area contributed by atoms with Crippen LogP contribution < -0.4 is 0 Å². The maximum Gasteiger partial charge on any atom is 0.152 e. The minimum absolute atomic E-state index is 0.303. The van der Waals surface area contributed by atoms with Gasteiger partial charge < -0.3 is 0 Å². The maximum atomic E-state index is 5.83. The molecule has 2 aliphatic rings. The summed E-state index contributed by atoms with van der Waals surface area (Å²) in [5, 5.41) is 8.70. The molecule has 0 spiro atoms. The van der Waals surface area contributed by atoms with Crippen molar-refractivity contribution in [3.8, 4) is 0 Å². The molecule has 13 heavy (non-hydrogen) atoms. The number of nitrogens with zero attached hydrogens (tertiary/aromatic N) is 2. The average molecular weight is 195 g/mol. The summed E-state index contributed by atoms with van der Waals surface area (Å²) in [7, 11) is 0. The Balaban J connectivity index is 2.24. The largest absolute Gasteiger partial charge is 0.153 e. The minimum atomic E-state index is 0.303. The van der Waals surface area contributed by atoms with Crippen LogP contribution in [0.5, 0.6) is 0 Å². The van der Waals surface area contributed by atoms with Gasteiger partial charge in [-0.2, -0.15) is 5.10 Å². The molecule has 0 aromatic carbocycles. The highest BCUT2D eigenvalue weighted by molar-refractivity contribution is 6.29. The Hall–Kier alpha value is -0.630. The SMILES string of the molecule is C[C@]12CC[C@H](C1)c1cc(Cl)nnc12. The molecule has 1 saturated carbocycles. The van der Waals surface area contributed by atoms with Crippen LogP contribution in [0.15, 0.2) is 6.07 Å². The van der Waals surface area contributed by atoms with Crippen molar-refractivity contribution in [2.24, 2.45) is 0 Å². The van der Waals surface area contributed by atoms with Crippen molar-refractivity contribution in [3.05, 3.63) is 22.5 Å². The molecule has 1 heterocycles. The van der Waals surface area contributed by atoms with Gasteiger partial charge in [-0.05, 0) is 36.8 Å². The van der Waals surface area contributed by atoms with Crippen molar-refractivity contribution >= 4 is 11.6 Å². The van der Waals surface area contributed by atoms with E-state index in [1.807, 2.05) is 6.07 Å². The van der Waals surface area contributed by atoms with E-state index < -0.39 is 0 Å². The quantitative estimate of drug-likeness (QED) is 0.635. The second-order valence-corrected chi connectivity index (χ2v) is 4.86. The van der Waals surface area contributed by atoms with E-state index in [-0.39, 0.29) is 0 Å². The van der Waals surface area contributed by atoms with Crippen molar-refractivity contribution in [3.63, 3.8) is 0 Å². The van der Waals surface area contributed by atoms with Crippen molar-refractivity contribution < 1.29 is 0 Å². The fourth-order valence-electron chi connectivity index (χ4n) is 2.88. The Labute approximate surface area is 82.3 Å². The third-order valence-electron chi connectivity index (χ3n) is 3.55. The van der Waals surface area contributed by atoms with Crippen LogP contribution in [0, 0.1) is 0 Å². The second kappa shape index (κ2) is 2.24. The third kappa shape index (κ3) is 0.896. The van der Waals surface area contributed by atoms with Gasteiger partial charge >= 0.3 is 0 Å². The standard InChI is InChI=1S/C10H11ClN2/c1-10-3-2-6(5-10)7-4-8(11)12-13-9(7)10/h4,6H,2-3,5H2,1H3/t6-,10+/m1/s1. The molecule has 1 fully saturated rings. The molecule has 1 aromatic rings. The van der Waals surface area contributed by atoms with Crippen molar-refractivity contribution in [1.82, 2.24) is 10.2 Å². The van der Waals surface area contributed by atoms with Crippen LogP contribution in [0.25, 0.3) is 0 Å². The molecule has 0 unspecified atom stereocenters. The molecular weight excluding hydrogens is 184 g/mol. The van der Waals surface area contributed by atoms with Gasteiger partial charge in [0.25, 0.3) is 0 Å². The summed E-state index contributed by atoms with van der Waals surface area (Å²) in [6, 6.07) is 2.00. The van der Waals surface area contributed by atoms with E-state index in [4.69, 9.17) is 11.6 Å². The summed E-state index contributed by atoms with van der Waals surface area (Å²) in [6.07, 6.45) is 3.81. The van der Waals surface area contributed by atoms with Crippen LogP contribution in [0.3, 0.4) is 0 Å². The van der Waals surface area contributed by atoms with E-state index in [9.17, 15) is 0 Å². The number of hydrogen-bond donors (Lipinski definition) is 0. The molecule has 0 saturated heterocycles. The van der Waals surface area contributed by atoms with Crippen LogP contribution in [-0.2, 0) is 5.41 Å². The summed E-state index contributed by atoms with van der Waals surface area (Å²) in [4.78, 5) is 0. The number of fused-ring (bicyclic) bond motifs is 5. The van der Waals surface area contributed by atoms with Gasteiger partial charge in [0.1, 0.15) is 0 Å². The zero-order chi connectivity index (χ0) is 9.05. The fourth-order valence-corrected chi connectivity index (χ4v) is 3.04. The van der Waals surface area contributed by atoms with Crippen LogP contribution in [0.1, 0.15) is 43.4 Å². The summed E-state index contributed by atoms with van der Waals surface area (Å²) >= 11 is 5.83. The van der Waals surface area contributed by atoms with Crippen molar-refractivity contribution in [2.45, 2.75) is 37.5 Å². The summed E-state index contributed by atoms with van der Waals surface area (Å²) < 4.78 is 0. The Kier molecular flexibility index (Phi) is 1.33. The zero-order valence-corrected chi connectivity index (χ0v) is 8.30. The predicted octanol–water partition coefficient (Wildman–Crippen LogP) is 2.67. The lowest BCUT2D eigenvalue weighted by Gasteiger charge is -2.21. The lowest BCUT2D eigenvalue weighted by Crippen LogP contribution is -2.18. The maximum absolute atomic E-state index is 5.83.